The molecular weight excluding hydrogens is 220 g/mol. The lowest BCUT2D eigenvalue weighted by atomic mass is 9.94. The first-order valence-corrected chi connectivity index (χ1v) is 6.26. The molecule has 1 aliphatic rings. The van der Waals surface area contributed by atoms with E-state index < -0.39 is 0 Å². The first kappa shape index (κ1) is 12.5. The first-order chi connectivity index (χ1) is 8.74. The molecule has 92 valence electrons. The zero-order valence-corrected chi connectivity index (χ0v) is 10.9. The number of hydrogen-bond acceptors (Lipinski definition) is 2. The third-order valence-electron chi connectivity index (χ3n) is 3.18. The average Bonchev–Trinajstić information content (AvgIpc) is 2.44. The summed E-state index contributed by atoms with van der Waals surface area (Å²) in [6.45, 7) is 3.89. The predicted octanol–water partition coefficient (Wildman–Crippen LogP) is 4.01. The summed E-state index contributed by atoms with van der Waals surface area (Å²) < 4.78 is 0. The fourth-order valence-electron chi connectivity index (χ4n) is 2.10. The zero-order valence-electron chi connectivity index (χ0n) is 10.9. The van der Waals surface area contributed by atoms with Crippen molar-refractivity contribution in [2.75, 3.05) is 0 Å². The van der Waals surface area contributed by atoms with E-state index >= 15 is 0 Å². The van der Waals surface area contributed by atoms with Gasteiger partial charge < -0.3 is 5.41 Å². The molecule has 0 fully saturated rings. The highest BCUT2D eigenvalue weighted by Crippen LogP contribution is 2.21. The second kappa shape index (κ2) is 5.58. The third-order valence-corrected chi connectivity index (χ3v) is 3.18. The molecule has 0 unspecified atom stereocenters. The van der Waals surface area contributed by atoms with Gasteiger partial charge in [-0.3, -0.25) is 4.99 Å². The van der Waals surface area contributed by atoms with E-state index in [1.165, 1.54) is 17.3 Å². The van der Waals surface area contributed by atoms with E-state index in [2.05, 4.69) is 35.3 Å². The van der Waals surface area contributed by atoms with Crippen molar-refractivity contribution in [2.24, 2.45) is 4.99 Å². The largest absolute Gasteiger partial charge is 0.307 e. The van der Waals surface area contributed by atoms with E-state index in [9.17, 15) is 0 Å². The van der Waals surface area contributed by atoms with E-state index in [0.29, 0.717) is 5.70 Å². The second-order valence-corrected chi connectivity index (χ2v) is 4.41. The lowest BCUT2D eigenvalue weighted by Crippen LogP contribution is -2.01. The van der Waals surface area contributed by atoms with Gasteiger partial charge in [0.15, 0.2) is 0 Å². The van der Waals surface area contributed by atoms with Gasteiger partial charge >= 0.3 is 0 Å². The van der Waals surface area contributed by atoms with Crippen molar-refractivity contribution < 1.29 is 0 Å². The fourth-order valence-corrected chi connectivity index (χ4v) is 2.10. The molecule has 2 heteroatoms. The van der Waals surface area contributed by atoms with Crippen molar-refractivity contribution in [1.82, 2.24) is 0 Å². The van der Waals surface area contributed by atoms with Gasteiger partial charge in [0, 0.05) is 11.9 Å². The Morgan fingerprint density at radius 1 is 1.39 bits per heavy atom. The van der Waals surface area contributed by atoms with Gasteiger partial charge in [0.25, 0.3) is 0 Å². The Hall–Kier alpha value is -1.96. The molecule has 0 amide bonds. The number of fused-ring (bicyclic) bond motifs is 1. The van der Waals surface area contributed by atoms with Gasteiger partial charge in [-0.25, -0.2) is 0 Å². The maximum Gasteiger partial charge on any atom is 0.0765 e. The standard InChI is InChI=1S/C16H18N2/c1-3-16(11-17)18-12(2)14-9-8-13-6-4-5-7-15(13)10-14/h3-4,6,8-11,17H,5,7H2,1-2H3/b16-3-,17-11?,18-12+. The van der Waals surface area contributed by atoms with Crippen LogP contribution in [0.3, 0.4) is 0 Å². The summed E-state index contributed by atoms with van der Waals surface area (Å²) >= 11 is 0. The quantitative estimate of drug-likeness (QED) is 0.772. The van der Waals surface area contributed by atoms with E-state index in [4.69, 9.17) is 5.41 Å². The summed E-state index contributed by atoms with van der Waals surface area (Å²) in [5.41, 5.74) is 5.51. The summed E-state index contributed by atoms with van der Waals surface area (Å²) in [6, 6.07) is 6.47. The molecule has 0 atom stereocenters. The Kier molecular flexibility index (Phi) is 3.88. The van der Waals surface area contributed by atoms with Crippen molar-refractivity contribution in [2.45, 2.75) is 26.7 Å². The minimum absolute atomic E-state index is 0.699. The summed E-state index contributed by atoms with van der Waals surface area (Å²) in [5, 5.41) is 7.26. The number of nitrogens with zero attached hydrogens (tertiary/aromatic N) is 1. The van der Waals surface area contributed by atoms with E-state index in [-0.39, 0.29) is 0 Å². The lowest BCUT2D eigenvalue weighted by molar-refractivity contribution is 0.985. The van der Waals surface area contributed by atoms with Crippen LogP contribution in [0.1, 0.15) is 37.0 Å². The van der Waals surface area contributed by atoms with Crippen LogP contribution in [0.25, 0.3) is 6.08 Å². The molecule has 1 aliphatic carbocycles. The molecule has 0 saturated heterocycles. The summed E-state index contributed by atoms with van der Waals surface area (Å²) in [6.07, 6.45) is 9.75. The Balaban J connectivity index is 2.34. The molecule has 0 spiro atoms. The molecule has 0 aromatic heterocycles. The number of allylic oxidation sites excluding steroid dienone is 3. The zero-order chi connectivity index (χ0) is 13.0. The minimum Gasteiger partial charge on any atom is -0.307 e. The van der Waals surface area contributed by atoms with Crippen LogP contribution in [0.2, 0.25) is 0 Å². The number of aryl methyl sites for hydroxylation is 1. The predicted molar refractivity (Wildman–Crippen MR) is 78.5 cm³/mol. The van der Waals surface area contributed by atoms with Gasteiger partial charge in [-0.2, -0.15) is 0 Å². The van der Waals surface area contributed by atoms with Crippen LogP contribution >= 0.6 is 0 Å². The number of nitrogens with one attached hydrogen (secondary N) is 1. The van der Waals surface area contributed by atoms with Crippen LogP contribution in [0.5, 0.6) is 0 Å². The molecule has 0 radical (unpaired) electrons. The van der Waals surface area contributed by atoms with E-state index in [1.54, 1.807) is 0 Å². The van der Waals surface area contributed by atoms with Gasteiger partial charge in [-0.05, 0) is 49.4 Å². The van der Waals surface area contributed by atoms with Crippen LogP contribution < -0.4 is 0 Å². The molecule has 0 heterocycles. The molecule has 0 bridgehead atoms. The highest BCUT2D eigenvalue weighted by molar-refractivity contribution is 6.01. The second-order valence-electron chi connectivity index (χ2n) is 4.41. The molecule has 0 saturated carbocycles. The number of rotatable bonds is 3. The third kappa shape index (κ3) is 2.65. The Bertz CT molecular complexity index is 548. The van der Waals surface area contributed by atoms with Crippen molar-refractivity contribution in [3.8, 4) is 0 Å². The fraction of sp³-hybridized carbons (Fsp3) is 0.250. The lowest BCUT2D eigenvalue weighted by Gasteiger charge is -2.12. The minimum atomic E-state index is 0.699. The van der Waals surface area contributed by atoms with E-state index in [0.717, 1.165) is 24.1 Å². The maximum atomic E-state index is 7.26. The number of aliphatic imine (C=N–C) groups is 1. The van der Waals surface area contributed by atoms with Crippen LogP contribution in [0.4, 0.5) is 0 Å². The van der Waals surface area contributed by atoms with Crippen LogP contribution in [-0.2, 0) is 6.42 Å². The molecule has 1 aromatic rings. The molecule has 2 rings (SSSR count). The topological polar surface area (TPSA) is 36.2 Å². The summed E-state index contributed by atoms with van der Waals surface area (Å²) in [7, 11) is 0. The summed E-state index contributed by atoms with van der Waals surface area (Å²) in [5.74, 6) is 0. The van der Waals surface area contributed by atoms with Gasteiger partial charge in [0.1, 0.15) is 0 Å². The summed E-state index contributed by atoms with van der Waals surface area (Å²) in [4.78, 5) is 4.45. The number of benzene rings is 1. The molecule has 0 aliphatic heterocycles. The maximum absolute atomic E-state index is 7.26. The van der Waals surface area contributed by atoms with Gasteiger partial charge in [0.05, 0.1) is 5.70 Å². The van der Waals surface area contributed by atoms with Gasteiger partial charge in [-0.1, -0.05) is 30.4 Å². The normalized spacial score (nSPS) is 15.4. The van der Waals surface area contributed by atoms with Gasteiger partial charge in [0.2, 0.25) is 0 Å². The van der Waals surface area contributed by atoms with Crippen LogP contribution in [0.15, 0.2) is 41.0 Å². The Morgan fingerprint density at radius 3 is 2.94 bits per heavy atom. The molecule has 1 aromatic carbocycles. The Labute approximate surface area is 108 Å². The molecular formula is C16H18N2. The number of hydrogen-bond donors (Lipinski definition) is 1. The van der Waals surface area contributed by atoms with Crippen molar-refractivity contribution in [3.05, 3.63) is 52.7 Å². The Morgan fingerprint density at radius 2 is 2.22 bits per heavy atom. The van der Waals surface area contributed by atoms with Crippen LogP contribution in [-0.4, -0.2) is 11.9 Å². The van der Waals surface area contributed by atoms with E-state index in [1.807, 2.05) is 19.9 Å². The van der Waals surface area contributed by atoms with Crippen molar-refractivity contribution in [3.63, 3.8) is 0 Å². The molecule has 18 heavy (non-hydrogen) atoms. The average molecular weight is 238 g/mol. The van der Waals surface area contributed by atoms with Crippen molar-refractivity contribution in [1.29, 1.82) is 5.41 Å². The van der Waals surface area contributed by atoms with Gasteiger partial charge in [-0.15, -0.1) is 0 Å². The highest BCUT2D eigenvalue weighted by Gasteiger charge is 2.06. The van der Waals surface area contributed by atoms with Crippen molar-refractivity contribution >= 4 is 18.0 Å². The molecule has 1 N–H and O–H groups in total. The van der Waals surface area contributed by atoms with Crippen LogP contribution in [0, 0.1) is 5.41 Å². The highest BCUT2D eigenvalue weighted by atomic mass is 14.8. The molecule has 2 nitrogen and oxygen atoms in total. The monoisotopic (exact) mass is 238 g/mol. The smallest absolute Gasteiger partial charge is 0.0765 e. The first-order valence-electron chi connectivity index (χ1n) is 6.26. The SMILES string of the molecule is C/C=C(C=N)\N=C(/C)c1ccc2c(c1)CCC=C2.